The van der Waals surface area contributed by atoms with Gasteiger partial charge in [-0.15, -0.1) is 0 Å². The summed E-state index contributed by atoms with van der Waals surface area (Å²) in [6, 6.07) is 10.9. The number of carbonyl (C=O) groups is 1. The smallest absolute Gasteiger partial charge is 0.290 e. The number of rotatable bonds is 1. The lowest BCUT2D eigenvalue weighted by Crippen LogP contribution is -2.11. The molecule has 3 rings (SSSR count). The molecular formula is C12H8N2O2. The predicted octanol–water partition coefficient (Wildman–Crippen LogP) is 1.78. The number of amides is 1. The first kappa shape index (κ1) is 8.98. The van der Waals surface area contributed by atoms with Crippen molar-refractivity contribution in [1.82, 2.24) is 4.90 Å². The molecule has 4 heteroatoms. The lowest BCUT2D eigenvalue weighted by Gasteiger charge is -1.95. The van der Waals surface area contributed by atoms with Crippen LogP contribution in [-0.2, 0) is 0 Å². The van der Waals surface area contributed by atoms with E-state index < -0.39 is 0 Å². The molecule has 1 aromatic carbocycles. The summed E-state index contributed by atoms with van der Waals surface area (Å²) in [6.07, 6.45) is 0. The Morgan fingerprint density at radius 3 is 3.00 bits per heavy atom. The van der Waals surface area contributed by atoms with Crippen LogP contribution in [0.15, 0.2) is 34.7 Å². The highest BCUT2D eigenvalue weighted by molar-refractivity contribution is 5.97. The molecule has 0 aliphatic carbocycles. The molecule has 16 heavy (non-hydrogen) atoms. The number of benzene rings is 1. The highest BCUT2D eigenvalue weighted by Gasteiger charge is 2.40. The van der Waals surface area contributed by atoms with Crippen molar-refractivity contribution in [3.8, 4) is 6.07 Å². The minimum absolute atomic E-state index is 0.206. The van der Waals surface area contributed by atoms with E-state index in [1.807, 2.05) is 30.3 Å². The van der Waals surface area contributed by atoms with E-state index in [2.05, 4.69) is 0 Å². The Hall–Kier alpha value is -2.28. The second kappa shape index (κ2) is 3.11. The number of carbonyl (C=O) groups excluding carboxylic acids is 1. The summed E-state index contributed by atoms with van der Waals surface area (Å²) >= 11 is 0. The Labute approximate surface area is 91.7 Å². The van der Waals surface area contributed by atoms with Gasteiger partial charge in [-0.2, -0.15) is 5.26 Å². The third kappa shape index (κ3) is 1.26. The van der Waals surface area contributed by atoms with Crippen molar-refractivity contribution < 1.29 is 9.21 Å². The summed E-state index contributed by atoms with van der Waals surface area (Å²) in [5.41, 5.74) is 0.696. The van der Waals surface area contributed by atoms with Gasteiger partial charge in [-0.1, -0.05) is 18.2 Å². The van der Waals surface area contributed by atoms with Gasteiger partial charge in [-0.25, -0.2) is 0 Å². The molecule has 1 fully saturated rings. The van der Waals surface area contributed by atoms with Crippen LogP contribution in [-0.4, -0.2) is 23.4 Å². The van der Waals surface area contributed by atoms with Crippen LogP contribution in [0.4, 0.5) is 0 Å². The zero-order valence-electron chi connectivity index (χ0n) is 8.38. The fourth-order valence-corrected chi connectivity index (χ4v) is 1.70. The molecule has 1 aromatic heterocycles. The molecule has 1 aliphatic heterocycles. The van der Waals surface area contributed by atoms with Crippen molar-refractivity contribution in [3.05, 3.63) is 36.1 Å². The number of nitrogens with zero attached hydrogens (tertiary/aromatic N) is 2. The largest absolute Gasteiger partial charge is 0.451 e. The molecule has 0 bridgehead atoms. The fraction of sp³-hybridized carbons (Fsp3) is 0.167. The average Bonchev–Trinajstić information content (AvgIpc) is 2.98. The Kier molecular flexibility index (Phi) is 1.74. The first-order valence-corrected chi connectivity index (χ1v) is 4.99. The molecule has 1 atom stereocenters. The van der Waals surface area contributed by atoms with Crippen LogP contribution in [0.1, 0.15) is 10.6 Å². The van der Waals surface area contributed by atoms with Crippen molar-refractivity contribution >= 4 is 16.9 Å². The molecule has 0 radical (unpaired) electrons. The van der Waals surface area contributed by atoms with Crippen molar-refractivity contribution in [1.29, 1.82) is 5.26 Å². The summed E-state index contributed by atoms with van der Waals surface area (Å²) in [7, 11) is 0. The number of fused-ring (bicyclic) bond motifs is 1. The molecule has 1 amide bonds. The zero-order valence-corrected chi connectivity index (χ0v) is 8.38. The molecule has 4 nitrogen and oxygen atoms in total. The second-order valence-electron chi connectivity index (χ2n) is 3.75. The van der Waals surface area contributed by atoms with E-state index in [-0.39, 0.29) is 11.9 Å². The van der Waals surface area contributed by atoms with E-state index in [0.29, 0.717) is 17.9 Å². The summed E-state index contributed by atoms with van der Waals surface area (Å²) in [5, 5.41) is 9.54. The van der Waals surface area contributed by atoms with E-state index in [0.717, 1.165) is 5.39 Å². The SMILES string of the molecule is N#CC1CN1C(=O)c1cc2ccccc2o1. The quantitative estimate of drug-likeness (QED) is 0.677. The normalized spacial score (nSPS) is 18.4. The number of furan rings is 1. The molecule has 1 unspecified atom stereocenters. The summed E-state index contributed by atoms with van der Waals surface area (Å²) in [4.78, 5) is 13.3. The molecular weight excluding hydrogens is 204 g/mol. The Morgan fingerprint density at radius 1 is 1.50 bits per heavy atom. The van der Waals surface area contributed by atoms with E-state index in [1.165, 1.54) is 4.90 Å². The van der Waals surface area contributed by atoms with Gasteiger partial charge in [0, 0.05) is 5.39 Å². The number of para-hydroxylation sites is 1. The minimum Gasteiger partial charge on any atom is -0.451 e. The van der Waals surface area contributed by atoms with E-state index in [1.54, 1.807) is 6.07 Å². The van der Waals surface area contributed by atoms with Gasteiger partial charge in [0.15, 0.2) is 5.76 Å². The van der Waals surface area contributed by atoms with Gasteiger partial charge in [-0.05, 0) is 12.1 Å². The lowest BCUT2D eigenvalue weighted by atomic mass is 10.2. The molecule has 2 aromatic rings. The first-order valence-electron chi connectivity index (χ1n) is 4.99. The first-order chi connectivity index (χ1) is 7.79. The molecule has 1 saturated heterocycles. The zero-order chi connectivity index (χ0) is 11.1. The van der Waals surface area contributed by atoms with Crippen LogP contribution in [0.2, 0.25) is 0 Å². The summed E-state index contributed by atoms with van der Waals surface area (Å²) in [6.45, 7) is 0.506. The highest BCUT2D eigenvalue weighted by atomic mass is 16.3. The Balaban J connectivity index is 1.95. The van der Waals surface area contributed by atoms with Crippen molar-refractivity contribution in [3.63, 3.8) is 0 Å². The van der Waals surface area contributed by atoms with Gasteiger partial charge in [0.2, 0.25) is 0 Å². The molecule has 78 valence electrons. The van der Waals surface area contributed by atoms with Crippen LogP contribution in [0.3, 0.4) is 0 Å². The van der Waals surface area contributed by atoms with Crippen LogP contribution < -0.4 is 0 Å². The Bertz CT molecular complexity index is 576. The minimum atomic E-state index is -0.277. The van der Waals surface area contributed by atoms with Crippen LogP contribution >= 0.6 is 0 Å². The van der Waals surface area contributed by atoms with Gasteiger partial charge in [0.25, 0.3) is 5.91 Å². The van der Waals surface area contributed by atoms with Crippen LogP contribution in [0.25, 0.3) is 11.0 Å². The van der Waals surface area contributed by atoms with Gasteiger partial charge in [0.05, 0.1) is 12.6 Å². The van der Waals surface area contributed by atoms with Gasteiger partial charge in [-0.3, -0.25) is 4.79 Å². The third-order valence-electron chi connectivity index (χ3n) is 2.66. The number of hydrogen-bond donors (Lipinski definition) is 0. The topological polar surface area (TPSA) is 57.0 Å². The number of hydrogen-bond acceptors (Lipinski definition) is 3. The average molecular weight is 212 g/mol. The Morgan fingerprint density at radius 2 is 2.31 bits per heavy atom. The van der Waals surface area contributed by atoms with Crippen LogP contribution in [0.5, 0.6) is 0 Å². The predicted molar refractivity (Wildman–Crippen MR) is 56.7 cm³/mol. The third-order valence-corrected chi connectivity index (χ3v) is 2.66. The monoisotopic (exact) mass is 212 g/mol. The molecule has 0 spiro atoms. The van der Waals surface area contributed by atoms with E-state index in [4.69, 9.17) is 9.68 Å². The molecule has 0 saturated carbocycles. The standard InChI is InChI=1S/C12H8N2O2/c13-6-9-7-14(9)12(15)11-5-8-3-1-2-4-10(8)16-11/h1-5,9H,7H2. The van der Waals surface area contributed by atoms with Crippen LogP contribution in [0, 0.1) is 11.3 Å². The summed E-state index contributed by atoms with van der Waals surface area (Å²) < 4.78 is 5.42. The maximum atomic E-state index is 11.8. The highest BCUT2D eigenvalue weighted by Crippen LogP contribution is 2.24. The lowest BCUT2D eigenvalue weighted by molar-refractivity contribution is 0.0852. The van der Waals surface area contributed by atoms with Gasteiger partial charge >= 0.3 is 0 Å². The van der Waals surface area contributed by atoms with E-state index >= 15 is 0 Å². The number of nitriles is 1. The van der Waals surface area contributed by atoms with Crippen molar-refractivity contribution in [2.45, 2.75) is 6.04 Å². The molecule has 0 N–H and O–H groups in total. The second-order valence-corrected chi connectivity index (χ2v) is 3.75. The van der Waals surface area contributed by atoms with Crippen molar-refractivity contribution in [2.75, 3.05) is 6.54 Å². The van der Waals surface area contributed by atoms with Gasteiger partial charge in [0.1, 0.15) is 11.6 Å². The van der Waals surface area contributed by atoms with Gasteiger partial charge < -0.3 is 9.32 Å². The van der Waals surface area contributed by atoms with E-state index in [9.17, 15) is 4.79 Å². The molecule has 2 heterocycles. The maximum absolute atomic E-state index is 11.8. The molecule has 1 aliphatic rings. The fourth-order valence-electron chi connectivity index (χ4n) is 1.70. The maximum Gasteiger partial charge on any atom is 0.290 e. The van der Waals surface area contributed by atoms with Crippen molar-refractivity contribution in [2.24, 2.45) is 0 Å². The summed E-state index contributed by atoms with van der Waals surface area (Å²) in [5.74, 6) is 0.0988.